The summed E-state index contributed by atoms with van der Waals surface area (Å²) in [7, 11) is 1.50. The molecule has 4 fully saturated rings. The van der Waals surface area contributed by atoms with Gasteiger partial charge in [0, 0.05) is 17.2 Å². The van der Waals surface area contributed by atoms with Crippen molar-refractivity contribution in [1.29, 1.82) is 0 Å². The summed E-state index contributed by atoms with van der Waals surface area (Å²) < 4.78 is 6.96. The highest BCUT2D eigenvalue weighted by Crippen LogP contribution is 2.53. The molecule has 0 saturated heterocycles. The van der Waals surface area contributed by atoms with Crippen molar-refractivity contribution < 1.29 is 9.53 Å². The Morgan fingerprint density at radius 2 is 1.97 bits per heavy atom. The predicted molar refractivity (Wildman–Crippen MR) is 111 cm³/mol. The fourth-order valence-corrected chi connectivity index (χ4v) is 5.35. The second-order valence-corrected chi connectivity index (χ2v) is 9.29. The van der Waals surface area contributed by atoms with Crippen LogP contribution in [0.1, 0.15) is 63.0 Å². The molecule has 4 aliphatic carbocycles. The summed E-state index contributed by atoms with van der Waals surface area (Å²) in [6.07, 6.45) is 9.83. The van der Waals surface area contributed by atoms with Gasteiger partial charge >= 0.3 is 5.97 Å². The number of aromatic nitrogens is 5. The summed E-state index contributed by atoms with van der Waals surface area (Å²) >= 11 is 0. The molecule has 0 amide bonds. The molecule has 30 heavy (non-hydrogen) atoms. The van der Waals surface area contributed by atoms with Crippen LogP contribution in [0.3, 0.4) is 0 Å². The van der Waals surface area contributed by atoms with Crippen LogP contribution in [0.2, 0.25) is 0 Å². The van der Waals surface area contributed by atoms with Crippen LogP contribution < -0.4 is 5.32 Å². The zero-order valence-corrected chi connectivity index (χ0v) is 17.1. The number of nitrogens with one attached hydrogen (secondary N) is 2. The van der Waals surface area contributed by atoms with E-state index in [4.69, 9.17) is 9.84 Å². The first-order chi connectivity index (χ1) is 14.6. The summed E-state index contributed by atoms with van der Waals surface area (Å²) in [4.78, 5) is 16.8. The Bertz CT molecular complexity index is 1100. The van der Waals surface area contributed by atoms with Gasteiger partial charge in [0.15, 0.2) is 5.65 Å². The van der Waals surface area contributed by atoms with Gasteiger partial charge in [-0.25, -0.2) is 9.50 Å². The van der Waals surface area contributed by atoms with Crippen molar-refractivity contribution >= 4 is 17.4 Å². The van der Waals surface area contributed by atoms with Crippen LogP contribution in [-0.2, 0) is 9.53 Å². The molecular formula is C22H26N6O2. The van der Waals surface area contributed by atoms with Crippen LogP contribution in [0.5, 0.6) is 0 Å². The fraction of sp³-hybridized carbons (Fsp3) is 0.545. The Labute approximate surface area is 174 Å². The molecule has 7 rings (SSSR count). The Hall–Kier alpha value is -2.90. The lowest BCUT2D eigenvalue weighted by Gasteiger charge is -2.52. The molecule has 0 atom stereocenters. The van der Waals surface area contributed by atoms with E-state index in [1.54, 1.807) is 0 Å². The highest BCUT2D eigenvalue weighted by Gasteiger charge is 2.53. The molecule has 0 aliphatic heterocycles. The van der Waals surface area contributed by atoms with Gasteiger partial charge < -0.3 is 10.1 Å². The van der Waals surface area contributed by atoms with Crippen LogP contribution in [0, 0.1) is 5.41 Å². The molecule has 0 radical (unpaired) electrons. The number of carbonyl (C=O) groups excluding carboxylic acids is 1. The summed E-state index contributed by atoms with van der Waals surface area (Å²) in [5.41, 5.74) is 3.51. The molecule has 156 valence electrons. The number of ether oxygens (including phenoxy) is 1. The maximum Gasteiger partial charge on any atom is 0.311 e. The number of imidazole rings is 1. The molecule has 8 nitrogen and oxygen atoms in total. The Balaban J connectivity index is 1.26. The second-order valence-electron chi connectivity index (χ2n) is 9.29. The Morgan fingerprint density at radius 3 is 2.67 bits per heavy atom. The van der Waals surface area contributed by atoms with Crippen LogP contribution >= 0.6 is 0 Å². The first kappa shape index (κ1) is 17.9. The highest BCUT2D eigenvalue weighted by atomic mass is 16.5. The van der Waals surface area contributed by atoms with Crippen molar-refractivity contribution in [2.45, 2.75) is 62.8 Å². The van der Waals surface area contributed by atoms with E-state index >= 15 is 0 Å². The average molecular weight is 406 g/mol. The fourth-order valence-electron chi connectivity index (χ4n) is 5.35. The van der Waals surface area contributed by atoms with Crippen LogP contribution in [-0.4, -0.2) is 43.4 Å². The molecule has 3 aromatic heterocycles. The molecule has 2 bridgehead atoms. The first-order valence-electron chi connectivity index (χ1n) is 10.9. The third-order valence-electron chi connectivity index (χ3n) is 7.50. The lowest BCUT2D eigenvalue weighted by Crippen LogP contribution is -2.53. The minimum Gasteiger partial charge on any atom is -0.469 e. The number of rotatable bonds is 5. The number of esters is 1. The van der Waals surface area contributed by atoms with Crippen LogP contribution in [0.25, 0.3) is 17.0 Å². The lowest BCUT2D eigenvalue weighted by atomic mass is 9.57. The van der Waals surface area contributed by atoms with Gasteiger partial charge in [0.2, 0.25) is 0 Å². The quantitative estimate of drug-likeness (QED) is 0.628. The molecule has 0 unspecified atom stereocenters. The SMILES string of the molecule is COC(=O)C12CCC(Nc3ccc4ncc(-c5cc(C6CC6)[nH]n5)n4n3)(CC1)CC2. The van der Waals surface area contributed by atoms with Crippen molar-refractivity contribution in [1.82, 2.24) is 24.8 Å². The van der Waals surface area contributed by atoms with Crippen molar-refractivity contribution in [3.63, 3.8) is 0 Å². The van der Waals surface area contributed by atoms with E-state index in [1.165, 1.54) is 25.6 Å². The van der Waals surface area contributed by atoms with E-state index in [0.29, 0.717) is 5.92 Å². The molecule has 4 aliphatic rings. The van der Waals surface area contributed by atoms with Crippen molar-refractivity contribution in [2.24, 2.45) is 5.41 Å². The minimum absolute atomic E-state index is 0.00265. The van der Waals surface area contributed by atoms with Crippen molar-refractivity contribution in [3.05, 3.63) is 30.1 Å². The van der Waals surface area contributed by atoms with Crippen molar-refractivity contribution in [2.75, 3.05) is 12.4 Å². The molecule has 3 aromatic rings. The number of hydrogen-bond acceptors (Lipinski definition) is 6. The van der Waals surface area contributed by atoms with Crippen molar-refractivity contribution in [3.8, 4) is 11.4 Å². The molecule has 3 heterocycles. The van der Waals surface area contributed by atoms with Gasteiger partial charge in [-0.15, -0.1) is 5.10 Å². The van der Waals surface area contributed by atoms with E-state index in [9.17, 15) is 4.79 Å². The summed E-state index contributed by atoms with van der Waals surface area (Å²) in [6.45, 7) is 0. The zero-order chi connectivity index (χ0) is 20.3. The van der Waals surface area contributed by atoms with Gasteiger partial charge in [0.25, 0.3) is 0 Å². The Morgan fingerprint density at radius 1 is 1.20 bits per heavy atom. The van der Waals surface area contributed by atoms with Gasteiger partial charge in [-0.3, -0.25) is 9.89 Å². The number of hydrogen-bond donors (Lipinski definition) is 2. The number of methoxy groups -OCH3 is 1. The predicted octanol–water partition coefficient (Wildman–Crippen LogP) is 3.67. The number of anilines is 1. The van der Waals surface area contributed by atoms with Gasteiger partial charge in [0.05, 0.1) is 18.7 Å². The third-order valence-corrected chi connectivity index (χ3v) is 7.50. The van der Waals surface area contributed by atoms with Crippen LogP contribution in [0.4, 0.5) is 5.82 Å². The Kier molecular flexibility index (Phi) is 3.76. The second kappa shape index (κ2) is 6.30. The highest BCUT2D eigenvalue weighted by molar-refractivity contribution is 5.77. The first-order valence-corrected chi connectivity index (χ1v) is 10.9. The molecule has 8 heteroatoms. The van der Waals surface area contributed by atoms with Crippen LogP contribution in [0.15, 0.2) is 24.4 Å². The smallest absolute Gasteiger partial charge is 0.311 e. The molecular weight excluding hydrogens is 380 g/mol. The maximum atomic E-state index is 12.3. The van der Waals surface area contributed by atoms with E-state index in [0.717, 1.165) is 61.4 Å². The average Bonchev–Trinajstić information content (AvgIpc) is 3.37. The molecule has 0 spiro atoms. The largest absolute Gasteiger partial charge is 0.469 e. The van der Waals surface area contributed by atoms with Gasteiger partial charge in [-0.1, -0.05) is 0 Å². The number of fused-ring (bicyclic) bond motifs is 4. The molecule has 0 aromatic carbocycles. The normalized spacial score (nSPS) is 28.0. The van der Waals surface area contributed by atoms with E-state index in [-0.39, 0.29) is 16.9 Å². The number of aromatic amines is 1. The molecule has 4 saturated carbocycles. The topological polar surface area (TPSA) is 97.2 Å². The minimum atomic E-state index is -0.272. The standard InChI is InChI=1S/C22H26N6O2/c1-30-20(29)21-6-9-22(10-7-21,11-8-21)24-18-4-5-19-23-13-17(28(19)27-18)16-12-15(25-26-16)14-2-3-14/h4-5,12-14H,2-3,6-11H2,1H3,(H,24,27)(H,25,26). The van der Waals surface area contributed by atoms with E-state index in [1.807, 2.05) is 22.8 Å². The lowest BCUT2D eigenvalue weighted by molar-refractivity contribution is -0.159. The summed E-state index contributed by atoms with van der Waals surface area (Å²) in [5, 5.41) is 16.2. The van der Waals surface area contributed by atoms with E-state index < -0.39 is 0 Å². The van der Waals surface area contributed by atoms with Gasteiger partial charge in [0.1, 0.15) is 17.2 Å². The zero-order valence-electron chi connectivity index (χ0n) is 17.1. The molecule has 2 N–H and O–H groups in total. The number of carbonyl (C=O) groups is 1. The maximum absolute atomic E-state index is 12.3. The number of H-pyrrole nitrogens is 1. The third kappa shape index (κ3) is 2.73. The van der Waals surface area contributed by atoms with Gasteiger partial charge in [-0.2, -0.15) is 5.10 Å². The monoisotopic (exact) mass is 406 g/mol. The van der Waals surface area contributed by atoms with Gasteiger partial charge in [-0.05, 0) is 69.6 Å². The summed E-state index contributed by atoms with van der Waals surface area (Å²) in [6, 6.07) is 6.11. The summed E-state index contributed by atoms with van der Waals surface area (Å²) in [5.74, 6) is 1.43. The number of nitrogens with zero attached hydrogens (tertiary/aromatic N) is 4. The van der Waals surface area contributed by atoms with E-state index in [2.05, 4.69) is 26.6 Å².